The van der Waals surface area contributed by atoms with E-state index in [-0.39, 0.29) is 23.4 Å². The average Bonchev–Trinajstić information content (AvgIpc) is 2.44. The predicted octanol–water partition coefficient (Wildman–Crippen LogP) is 2.26. The Morgan fingerprint density at radius 3 is 2.39 bits per heavy atom. The highest BCUT2D eigenvalue weighted by atomic mass is 16.6. The predicted molar refractivity (Wildman–Crippen MR) is 85.6 cm³/mol. The van der Waals surface area contributed by atoms with Crippen molar-refractivity contribution in [3.05, 3.63) is 33.9 Å². The number of benzene rings is 1. The molecule has 23 heavy (non-hydrogen) atoms. The normalized spacial score (nSPS) is 12.3. The van der Waals surface area contributed by atoms with E-state index in [0.29, 0.717) is 0 Å². The summed E-state index contributed by atoms with van der Waals surface area (Å²) in [7, 11) is 1.43. The monoisotopic (exact) mass is 323 g/mol. The van der Waals surface area contributed by atoms with Crippen LogP contribution in [0.3, 0.4) is 0 Å². The van der Waals surface area contributed by atoms with Gasteiger partial charge in [-0.25, -0.2) is 0 Å². The third-order valence-electron chi connectivity index (χ3n) is 3.44. The van der Waals surface area contributed by atoms with Crippen LogP contribution in [0.25, 0.3) is 0 Å². The number of nitro groups is 1. The maximum Gasteiger partial charge on any atom is 0.305 e. The molecule has 1 atom stereocenters. The molecule has 0 aliphatic carbocycles. The highest BCUT2D eigenvalue weighted by molar-refractivity contribution is 5.95. The number of rotatable bonds is 6. The second-order valence-corrected chi connectivity index (χ2v) is 6.23. The highest BCUT2D eigenvalue weighted by Crippen LogP contribution is 2.31. The zero-order valence-corrected chi connectivity index (χ0v) is 13.5. The number of hydrogen-bond acceptors (Lipinski definition) is 5. The molecule has 126 valence electrons. The van der Waals surface area contributed by atoms with Gasteiger partial charge in [-0.3, -0.25) is 19.7 Å². The standard InChI is InChI=1S/C15H21N3O5/c1-15(2,3)12(8-13(19)20)17-10-6-5-9(14(21)16-4)7-11(10)18(22)23/h5-7,12,17H,8H2,1-4H3,(H,16,21)(H,19,20)/t12-/m0/s1. The summed E-state index contributed by atoms with van der Waals surface area (Å²) in [4.78, 5) is 33.3. The third-order valence-corrected chi connectivity index (χ3v) is 3.44. The van der Waals surface area contributed by atoms with E-state index in [4.69, 9.17) is 5.11 Å². The van der Waals surface area contributed by atoms with E-state index in [2.05, 4.69) is 10.6 Å². The number of nitrogens with one attached hydrogen (secondary N) is 2. The maximum absolute atomic E-state index is 11.6. The zero-order chi connectivity index (χ0) is 17.8. The van der Waals surface area contributed by atoms with Crippen LogP contribution >= 0.6 is 0 Å². The Labute approximate surface area is 134 Å². The fourth-order valence-corrected chi connectivity index (χ4v) is 2.03. The van der Waals surface area contributed by atoms with Crippen LogP contribution in [0.5, 0.6) is 0 Å². The van der Waals surface area contributed by atoms with Gasteiger partial charge in [-0.15, -0.1) is 0 Å². The highest BCUT2D eigenvalue weighted by Gasteiger charge is 2.29. The van der Waals surface area contributed by atoms with Crippen molar-refractivity contribution in [1.29, 1.82) is 0 Å². The summed E-state index contributed by atoms with van der Waals surface area (Å²) in [5.41, 5.74) is -0.351. The quantitative estimate of drug-likeness (QED) is 0.545. The van der Waals surface area contributed by atoms with E-state index in [9.17, 15) is 19.7 Å². The molecule has 0 fully saturated rings. The van der Waals surface area contributed by atoms with Crippen molar-refractivity contribution in [2.75, 3.05) is 12.4 Å². The molecule has 1 aromatic carbocycles. The van der Waals surface area contributed by atoms with Gasteiger partial charge in [0.2, 0.25) is 0 Å². The van der Waals surface area contributed by atoms with Crippen molar-refractivity contribution in [1.82, 2.24) is 5.32 Å². The van der Waals surface area contributed by atoms with Crippen LogP contribution in [0.1, 0.15) is 37.6 Å². The van der Waals surface area contributed by atoms with E-state index < -0.39 is 28.3 Å². The number of nitrogens with zero attached hydrogens (tertiary/aromatic N) is 1. The molecule has 8 heteroatoms. The minimum atomic E-state index is -0.998. The Kier molecular flexibility index (Phi) is 5.67. The van der Waals surface area contributed by atoms with Gasteiger partial charge in [0.1, 0.15) is 5.69 Å². The first-order valence-corrected chi connectivity index (χ1v) is 7.05. The molecule has 1 rings (SSSR count). The topological polar surface area (TPSA) is 122 Å². The number of carboxylic acid groups (broad SMARTS) is 1. The molecule has 0 unspecified atom stereocenters. The summed E-state index contributed by atoms with van der Waals surface area (Å²) in [5.74, 6) is -1.43. The van der Waals surface area contributed by atoms with Gasteiger partial charge in [0, 0.05) is 24.7 Å². The molecule has 0 aromatic heterocycles. The number of carbonyl (C=O) groups is 2. The van der Waals surface area contributed by atoms with Crippen molar-refractivity contribution < 1.29 is 19.6 Å². The number of nitro benzene ring substituents is 1. The van der Waals surface area contributed by atoms with Crippen molar-refractivity contribution in [2.45, 2.75) is 33.2 Å². The second-order valence-electron chi connectivity index (χ2n) is 6.23. The Morgan fingerprint density at radius 1 is 1.35 bits per heavy atom. The summed E-state index contributed by atoms with van der Waals surface area (Å²) in [6.07, 6.45) is -0.183. The Balaban J connectivity index is 3.22. The van der Waals surface area contributed by atoms with Crippen molar-refractivity contribution in [3.8, 4) is 0 Å². The van der Waals surface area contributed by atoms with E-state index in [1.807, 2.05) is 20.8 Å². The lowest BCUT2D eigenvalue weighted by atomic mass is 9.84. The fraction of sp³-hybridized carbons (Fsp3) is 0.467. The van der Waals surface area contributed by atoms with Gasteiger partial charge >= 0.3 is 5.97 Å². The average molecular weight is 323 g/mol. The Morgan fingerprint density at radius 2 is 1.96 bits per heavy atom. The number of aliphatic carboxylic acids is 1. The number of anilines is 1. The molecule has 0 spiro atoms. The minimum Gasteiger partial charge on any atom is -0.481 e. The molecule has 0 saturated heterocycles. The lowest BCUT2D eigenvalue weighted by molar-refractivity contribution is -0.384. The third kappa shape index (κ3) is 4.94. The van der Waals surface area contributed by atoms with Gasteiger partial charge in [-0.1, -0.05) is 20.8 Å². The molecular formula is C15H21N3O5. The molecule has 1 aromatic rings. The van der Waals surface area contributed by atoms with E-state index >= 15 is 0 Å². The number of carboxylic acids is 1. The lowest BCUT2D eigenvalue weighted by Gasteiger charge is -2.31. The molecule has 0 heterocycles. The molecule has 0 aliphatic heterocycles. The maximum atomic E-state index is 11.6. The van der Waals surface area contributed by atoms with Crippen LogP contribution in [-0.4, -0.2) is 35.0 Å². The SMILES string of the molecule is CNC(=O)c1ccc(N[C@@H](CC(=O)O)C(C)(C)C)c([N+](=O)[O-])c1. The fourth-order valence-electron chi connectivity index (χ4n) is 2.03. The summed E-state index contributed by atoms with van der Waals surface area (Å²) in [5, 5.41) is 25.6. The smallest absolute Gasteiger partial charge is 0.305 e. The van der Waals surface area contributed by atoms with E-state index in [1.165, 1.54) is 25.2 Å². The second kappa shape index (κ2) is 7.08. The largest absolute Gasteiger partial charge is 0.481 e. The number of hydrogen-bond donors (Lipinski definition) is 3. The van der Waals surface area contributed by atoms with Crippen LogP contribution in [-0.2, 0) is 4.79 Å². The van der Waals surface area contributed by atoms with Crippen LogP contribution in [0.2, 0.25) is 0 Å². The molecule has 3 N–H and O–H groups in total. The molecule has 8 nitrogen and oxygen atoms in total. The number of amides is 1. The van der Waals surface area contributed by atoms with Gasteiger partial charge in [0.15, 0.2) is 0 Å². The first-order chi connectivity index (χ1) is 10.6. The van der Waals surface area contributed by atoms with E-state index in [0.717, 1.165) is 0 Å². The summed E-state index contributed by atoms with van der Waals surface area (Å²) in [6, 6.07) is 3.53. The summed E-state index contributed by atoms with van der Waals surface area (Å²) >= 11 is 0. The van der Waals surface area contributed by atoms with Crippen LogP contribution in [0.15, 0.2) is 18.2 Å². The summed E-state index contributed by atoms with van der Waals surface area (Å²) in [6.45, 7) is 5.54. The lowest BCUT2D eigenvalue weighted by Crippen LogP contribution is -2.36. The van der Waals surface area contributed by atoms with Crippen LogP contribution < -0.4 is 10.6 Å². The zero-order valence-electron chi connectivity index (χ0n) is 13.5. The van der Waals surface area contributed by atoms with Crippen LogP contribution in [0, 0.1) is 15.5 Å². The van der Waals surface area contributed by atoms with E-state index in [1.54, 1.807) is 0 Å². The Hall–Kier alpha value is -2.64. The van der Waals surface area contributed by atoms with Gasteiger partial charge in [0.25, 0.3) is 11.6 Å². The minimum absolute atomic E-state index is 0.162. The van der Waals surface area contributed by atoms with Gasteiger partial charge in [0.05, 0.1) is 11.3 Å². The first-order valence-electron chi connectivity index (χ1n) is 7.05. The van der Waals surface area contributed by atoms with Crippen molar-refractivity contribution >= 4 is 23.3 Å². The van der Waals surface area contributed by atoms with Crippen molar-refractivity contribution in [3.63, 3.8) is 0 Å². The molecule has 0 bridgehead atoms. The molecule has 0 aliphatic rings. The van der Waals surface area contributed by atoms with Gasteiger partial charge in [-0.05, 0) is 17.5 Å². The van der Waals surface area contributed by atoms with Gasteiger partial charge < -0.3 is 15.7 Å². The summed E-state index contributed by atoms with van der Waals surface area (Å²) < 4.78 is 0. The van der Waals surface area contributed by atoms with Crippen LogP contribution in [0.4, 0.5) is 11.4 Å². The van der Waals surface area contributed by atoms with Gasteiger partial charge in [-0.2, -0.15) is 0 Å². The molecule has 1 amide bonds. The number of carbonyl (C=O) groups excluding carboxylic acids is 1. The molecule has 0 radical (unpaired) electrons. The molecule has 0 saturated carbocycles. The van der Waals surface area contributed by atoms with Crippen molar-refractivity contribution in [2.24, 2.45) is 5.41 Å². The first kappa shape index (κ1) is 18.4. The Bertz CT molecular complexity index is 622. The molecular weight excluding hydrogens is 302 g/mol.